The first kappa shape index (κ1) is 26.3. The topological polar surface area (TPSA) is 29.5 Å². The van der Waals surface area contributed by atoms with Crippen molar-refractivity contribution in [3.05, 3.63) is 76.3 Å². The van der Waals surface area contributed by atoms with E-state index in [-0.39, 0.29) is 23.7 Å². The number of unbranched alkanes of at least 4 members (excludes halogenated alkanes) is 3. The minimum absolute atomic E-state index is 0. The molecule has 0 bridgehead atoms. The van der Waals surface area contributed by atoms with Gasteiger partial charge < -0.3 is 9.64 Å². The summed E-state index contributed by atoms with van der Waals surface area (Å²) in [7, 11) is 2.05. The van der Waals surface area contributed by atoms with Crippen molar-refractivity contribution in [3.8, 4) is 5.75 Å². The lowest BCUT2D eigenvalue weighted by Crippen LogP contribution is -2.19. The highest BCUT2D eigenvalue weighted by Gasteiger charge is 2.18. The Bertz CT molecular complexity index is 831. The van der Waals surface area contributed by atoms with Gasteiger partial charge in [0.2, 0.25) is 0 Å². The lowest BCUT2D eigenvalue weighted by molar-refractivity contribution is 0.103. The maximum absolute atomic E-state index is 14.4. The molecule has 0 radical (unpaired) electrons. The highest BCUT2D eigenvalue weighted by molar-refractivity contribution is 9.10. The number of carbonyl (C=O) groups is 1. The minimum Gasteiger partial charge on any atom is -0.490 e. The fraction of sp³-hybridized carbons (Fsp3) is 0.348. The van der Waals surface area contributed by atoms with E-state index in [4.69, 9.17) is 4.74 Å². The lowest BCUT2D eigenvalue weighted by Gasteiger charge is -2.13. The number of hydrogen-bond acceptors (Lipinski definition) is 3. The molecule has 0 aliphatic carbocycles. The first-order valence-corrected chi connectivity index (χ1v) is 10.4. The number of likely N-dealkylation sites (N-methyl/N-ethyl adjacent to an activating group) is 1. The van der Waals surface area contributed by atoms with Crippen LogP contribution in [-0.2, 0) is 0 Å². The summed E-state index contributed by atoms with van der Waals surface area (Å²) < 4.78 is 34.9. The number of benzene rings is 2. The molecule has 0 aliphatic rings. The molecule has 0 saturated carbocycles. The van der Waals surface area contributed by atoms with E-state index >= 15 is 0 Å². The number of carbonyl (C=O) groups excluding carboxylic acids is 1. The van der Waals surface area contributed by atoms with Crippen LogP contribution in [0.15, 0.2) is 53.5 Å². The predicted octanol–water partition coefficient (Wildman–Crippen LogP) is 6.44. The van der Waals surface area contributed by atoms with Crippen molar-refractivity contribution in [2.45, 2.75) is 25.7 Å². The summed E-state index contributed by atoms with van der Waals surface area (Å²) >= 11 is 3.28. The van der Waals surface area contributed by atoms with E-state index in [9.17, 15) is 13.6 Å². The van der Waals surface area contributed by atoms with Crippen molar-refractivity contribution in [2.24, 2.45) is 0 Å². The van der Waals surface area contributed by atoms with Crippen molar-refractivity contribution in [2.75, 3.05) is 26.7 Å². The number of ether oxygens (including phenoxy) is 1. The summed E-state index contributed by atoms with van der Waals surface area (Å²) in [6, 6.07) is 8.33. The van der Waals surface area contributed by atoms with Crippen LogP contribution in [0.25, 0.3) is 0 Å². The van der Waals surface area contributed by atoms with Crippen LogP contribution in [0.3, 0.4) is 0 Å². The third-order valence-electron chi connectivity index (χ3n) is 4.51. The van der Waals surface area contributed by atoms with E-state index in [1.54, 1.807) is 24.3 Å². The van der Waals surface area contributed by atoms with Gasteiger partial charge in [-0.25, -0.2) is 8.78 Å². The molecule has 30 heavy (non-hydrogen) atoms. The van der Waals surface area contributed by atoms with Gasteiger partial charge in [-0.3, -0.25) is 4.79 Å². The molecule has 0 heterocycles. The van der Waals surface area contributed by atoms with E-state index in [2.05, 4.69) is 27.4 Å². The highest BCUT2D eigenvalue weighted by atomic mass is 79.9. The van der Waals surface area contributed by atoms with Crippen LogP contribution < -0.4 is 4.74 Å². The summed E-state index contributed by atoms with van der Waals surface area (Å²) in [6.07, 6.45) is 5.69. The molecule has 2 aromatic carbocycles. The molecule has 3 nitrogen and oxygen atoms in total. The molecule has 0 N–H and O–H groups in total. The third kappa shape index (κ3) is 8.17. The van der Waals surface area contributed by atoms with E-state index in [1.165, 1.54) is 0 Å². The molecule has 0 atom stereocenters. The highest BCUT2D eigenvalue weighted by Crippen LogP contribution is 2.24. The van der Waals surface area contributed by atoms with Gasteiger partial charge in [-0.15, -0.1) is 19.0 Å². The van der Waals surface area contributed by atoms with Crippen LogP contribution in [0, 0.1) is 11.6 Å². The second kappa shape index (κ2) is 13.5. The predicted molar refractivity (Wildman–Crippen MR) is 123 cm³/mol. The fourth-order valence-electron chi connectivity index (χ4n) is 2.90. The fourth-order valence-corrected chi connectivity index (χ4v) is 3.17. The molecular formula is C23H27BrClF2NO2. The van der Waals surface area contributed by atoms with Crippen LogP contribution in [0.4, 0.5) is 8.78 Å². The van der Waals surface area contributed by atoms with E-state index in [1.807, 2.05) is 13.1 Å². The van der Waals surface area contributed by atoms with Gasteiger partial charge in [0.15, 0.2) is 17.3 Å². The minimum atomic E-state index is -0.792. The molecule has 0 fully saturated rings. The smallest absolute Gasteiger partial charge is 0.196 e. The van der Waals surface area contributed by atoms with Crippen LogP contribution in [-0.4, -0.2) is 37.4 Å². The van der Waals surface area contributed by atoms with Crippen LogP contribution in [0.5, 0.6) is 5.75 Å². The van der Waals surface area contributed by atoms with Gasteiger partial charge in [0.25, 0.3) is 0 Å². The van der Waals surface area contributed by atoms with Crippen molar-refractivity contribution in [3.63, 3.8) is 0 Å². The quantitative estimate of drug-likeness (QED) is 0.190. The monoisotopic (exact) mass is 501 g/mol. The van der Waals surface area contributed by atoms with Crippen molar-refractivity contribution >= 4 is 34.1 Å². The van der Waals surface area contributed by atoms with Crippen molar-refractivity contribution < 1.29 is 18.3 Å². The van der Waals surface area contributed by atoms with Gasteiger partial charge in [-0.1, -0.05) is 34.8 Å². The normalized spacial score (nSPS) is 10.6. The molecule has 0 unspecified atom stereocenters. The summed E-state index contributed by atoms with van der Waals surface area (Å²) in [5, 5.41) is 0. The first-order valence-electron chi connectivity index (χ1n) is 9.64. The zero-order valence-electron chi connectivity index (χ0n) is 17.0. The second-order valence-electron chi connectivity index (χ2n) is 6.91. The molecule has 2 aromatic rings. The Morgan fingerprint density at radius 3 is 2.43 bits per heavy atom. The summed E-state index contributed by atoms with van der Waals surface area (Å²) in [6.45, 7) is 5.88. The number of nitrogens with zero attached hydrogens (tertiary/aromatic N) is 1. The number of halogens is 4. The maximum Gasteiger partial charge on any atom is 0.196 e. The summed E-state index contributed by atoms with van der Waals surface area (Å²) in [4.78, 5) is 14.6. The lowest BCUT2D eigenvalue weighted by atomic mass is 10.0. The third-order valence-corrected chi connectivity index (χ3v) is 5.03. The zero-order valence-corrected chi connectivity index (χ0v) is 19.4. The van der Waals surface area contributed by atoms with Gasteiger partial charge in [0.05, 0.1) is 12.2 Å². The standard InChI is InChI=1S/C23H26BrF2NO2.ClH/c1-3-12-27(2)13-6-4-5-7-14-29-22-16-20(25)19(15-21(22)26)23(28)17-8-10-18(24)11-9-17;/h3,8-11,15-16H,1,4-7,12-14H2,2H3;1H. The molecule has 0 saturated heterocycles. The van der Waals surface area contributed by atoms with Gasteiger partial charge in [-0.2, -0.15) is 0 Å². The SMILES string of the molecule is C=CCN(C)CCCCCCOc1cc(F)c(C(=O)c2ccc(Br)cc2)cc1F.Cl. The van der Waals surface area contributed by atoms with E-state index in [0.717, 1.165) is 55.4 Å². The Hall–Kier alpha value is -1.76. The number of hydrogen-bond donors (Lipinski definition) is 0. The van der Waals surface area contributed by atoms with Gasteiger partial charge >= 0.3 is 0 Å². The average Bonchev–Trinajstić information content (AvgIpc) is 2.69. The molecule has 164 valence electrons. The van der Waals surface area contributed by atoms with Crippen LogP contribution >= 0.6 is 28.3 Å². The number of rotatable bonds is 12. The Morgan fingerprint density at radius 1 is 1.10 bits per heavy atom. The largest absolute Gasteiger partial charge is 0.490 e. The molecule has 2 rings (SSSR count). The average molecular weight is 503 g/mol. The first-order chi connectivity index (χ1) is 13.9. The van der Waals surface area contributed by atoms with Crippen molar-refractivity contribution in [1.29, 1.82) is 0 Å². The van der Waals surface area contributed by atoms with Crippen LogP contribution in [0.1, 0.15) is 41.6 Å². The second-order valence-corrected chi connectivity index (χ2v) is 7.83. The molecule has 7 heteroatoms. The Kier molecular flexibility index (Phi) is 11.8. The molecule has 0 spiro atoms. The summed E-state index contributed by atoms with van der Waals surface area (Å²) in [5.41, 5.74) is -0.0141. The van der Waals surface area contributed by atoms with Crippen molar-refractivity contribution in [1.82, 2.24) is 4.90 Å². The maximum atomic E-state index is 14.4. The zero-order chi connectivity index (χ0) is 21.2. The molecule has 0 aliphatic heterocycles. The number of ketones is 1. The van der Waals surface area contributed by atoms with Gasteiger partial charge in [0.1, 0.15) is 5.82 Å². The van der Waals surface area contributed by atoms with Gasteiger partial charge in [-0.05, 0) is 56.8 Å². The Morgan fingerprint density at radius 2 is 1.77 bits per heavy atom. The molecular weight excluding hydrogens is 476 g/mol. The summed E-state index contributed by atoms with van der Waals surface area (Å²) in [5.74, 6) is -2.26. The Labute approximate surface area is 191 Å². The van der Waals surface area contributed by atoms with Gasteiger partial charge in [0, 0.05) is 22.6 Å². The van der Waals surface area contributed by atoms with E-state index in [0.29, 0.717) is 12.2 Å². The molecule has 0 aromatic heterocycles. The van der Waals surface area contributed by atoms with E-state index < -0.39 is 17.4 Å². The molecule has 0 amide bonds. The Balaban J connectivity index is 0.00000450. The van der Waals surface area contributed by atoms with Crippen LogP contribution in [0.2, 0.25) is 0 Å².